The van der Waals surface area contributed by atoms with E-state index < -0.39 is 0 Å². The van der Waals surface area contributed by atoms with Crippen molar-refractivity contribution in [3.63, 3.8) is 0 Å². The van der Waals surface area contributed by atoms with E-state index in [1.54, 1.807) is 23.1 Å². The average Bonchev–Trinajstić information content (AvgIpc) is 3.03. The van der Waals surface area contributed by atoms with Crippen LogP contribution in [0.3, 0.4) is 0 Å². The number of halogens is 1. The third-order valence-corrected chi connectivity index (χ3v) is 5.26. The molecule has 2 aliphatic rings. The van der Waals surface area contributed by atoms with Gasteiger partial charge in [-0.1, -0.05) is 36.4 Å². The summed E-state index contributed by atoms with van der Waals surface area (Å²) in [5, 5.41) is 0. The van der Waals surface area contributed by atoms with Crippen LogP contribution >= 0.6 is 0 Å². The Morgan fingerprint density at radius 1 is 1.12 bits per heavy atom. The molecule has 134 valence electrons. The van der Waals surface area contributed by atoms with Crippen molar-refractivity contribution in [1.82, 2.24) is 4.90 Å². The summed E-state index contributed by atoms with van der Waals surface area (Å²) < 4.78 is 13.9. The van der Waals surface area contributed by atoms with E-state index in [0.29, 0.717) is 18.7 Å². The van der Waals surface area contributed by atoms with Gasteiger partial charge in [0.1, 0.15) is 5.82 Å². The Morgan fingerprint density at radius 2 is 1.88 bits per heavy atom. The number of amides is 2. The molecule has 1 unspecified atom stereocenters. The van der Waals surface area contributed by atoms with Crippen LogP contribution in [0.25, 0.3) is 0 Å². The fraction of sp³-hybridized carbons (Fsp3) is 0.333. The molecule has 2 aromatic carbocycles. The predicted octanol–water partition coefficient (Wildman–Crippen LogP) is 3.15. The Morgan fingerprint density at radius 3 is 2.73 bits per heavy atom. The van der Waals surface area contributed by atoms with E-state index in [-0.39, 0.29) is 36.5 Å². The molecule has 0 radical (unpaired) electrons. The monoisotopic (exact) mass is 352 g/mol. The van der Waals surface area contributed by atoms with E-state index >= 15 is 0 Å². The van der Waals surface area contributed by atoms with Crippen molar-refractivity contribution in [3.05, 3.63) is 65.5 Å². The quantitative estimate of drug-likeness (QED) is 0.851. The van der Waals surface area contributed by atoms with Crippen molar-refractivity contribution < 1.29 is 14.0 Å². The van der Waals surface area contributed by atoms with Crippen LogP contribution in [-0.2, 0) is 22.6 Å². The number of anilines is 1. The van der Waals surface area contributed by atoms with Crippen LogP contribution in [0.2, 0.25) is 0 Å². The molecule has 4 rings (SSSR count). The topological polar surface area (TPSA) is 40.6 Å². The van der Waals surface area contributed by atoms with E-state index in [9.17, 15) is 14.0 Å². The number of para-hydroxylation sites is 1. The highest BCUT2D eigenvalue weighted by atomic mass is 19.1. The molecule has 4 nitrogen and oxygen atoms in total. The molecule has 2 amide bonds. The fourth-order valence-corrected chi connectivity index (χ4v) is 3.91. The van der Waals surface area contributed by atoms with Gasteiger partial charge in [-0.2, -0.15) is 0 Å². The summed E-state index contributed by atoms with van der Waals surface area (Å²) in [5.41, 5.74) is 2.63. The molecule has 0 N–H and O–H groups in total. The standard InChI is InChI=1S/C21H21FN2O2/c22-18-9-3-1-7-16(18)13-23-14-17(12-20(23)25)21(26)24-11-5-8-15-6-2-4-10-19(15)24/h1-4,6-7,9-10,17H,5,8,11-14H2. The van der Waals surface area contributed by atoms with Gasteiger partial charge in [0.25, 0.3) is 0 Å². The fourth-order valence-electron chi connectivity index (χ4n) is 3.91. The van der Waals surface area contributed by atoms with Crippen LogP contribution in [0, 0.1) is 11.7 Å². The zero-order valence-electron chi connectivity index (χ0n) is 14.5. The predicted molar refractivity (Wildman–Crippen MR) is 97.0 cm³/mol. The SMILES string of the molecule is O=C1CC(C(=O)N2CCCc3ccccc32)CN1Cc1ccccc1F. The number of fused-ring (bicyclic) bond motifs is 1. The maximum atomic E-state index is 13.9. The highest BCUT2D eigenvalue weighted by Crippen LogP contribution is 2.30. The number of hydrogen-bond donors (Lipinski definition) is 0. The number of rotatable bonds is 3. The molecular formula is C21H21FN2O2. The van der Waals surface area contributed by atoms with Crippen LogP contribution in [-0.4, -0.2) is 29.8 Å². The van der Waals surface area contributed by atoms with Crippen molar-refractivity contribution in [1.29, 1.82) is 0 Å². The summed E-state index contributed by atoms with van der Waals surface area (Å²) in [6.45, 7) is 1.25. The van der Waals surface area contributed by atoms with Crippen LogP contribution in [0.4, 0.5) is 10.1 Å². The first-order valence-electron chi connectivity index (χ1n) is 9.04. The van der Waals surface area contributed by atoms with E-state index in [0.717, 1.165) is 18.5 Å². The lowest BCUT2D eigenvalue weighted by Gasteiger charge is -2.31. The third kappa shape index (κ3) is 3.09. The Bertz CT molecular complexity index is 851. The number of carbonyl (C=O) groups is 2. The molecular weight excluding hydrogens is 331 g/mol. The third-order valence-electron chi connectivity index (χ3n) is 5.26. The lowest BCUT2D eigenvalue weighted by Crippen LogP contribution is -2.40. The normalized spacial score (nSPS) is 19.6. The molecule has 0 saturated carbocycles. The number of aryl methyl sites for hydroxylation is 1. The van der Waals surface area contributed by atoms with Gasteiger partial charge in [0.15, 0.2) is 0 Å². The first-order chi connectivity index (χ1) is 12.6. The van der Waals surface area contributed by atoms with Crippen LogP contribution in [0.15, 0.2) is 48.5 Å². The van der Waals surface area contributed by atoms with Gasteiger partial charge in [0.05, 0.1) is 5.92 Å². The number of benzene rings is 2. The van der Waals surface area contributed by atoms with Gasteiger partial charge >= 0.3 is 0 Å². The number of carbonyl (C=O) groups excluding carboxylic acids is 2. The van der Waals surface area contributed by atoms with Crippen LogP contribution < -0.4 is 4.90 Å². The first-order valence-corrected chi connectivity index (χ1v) is 9.04. The van der Waals surface area contributed by atoms with Gasteiger partial charge in [-0.25, -0.2) is 4.39 Å². The zero-order chi connectivity index (χ0) is 18.1. The number of hydrogen-bond acceptors (Lipinski definition) is 2. The van der Waals surface area contributed by atoms with Crippen molar-refractivity contribution in [2.45, 2.75) is 25.8 Å². The average molecular weight is 352 g/mol. The second-order valence-electron chi connectivity index (χ2n) is 6.99. The minimum Gasteiger partial charge on any atom is -0.337 e. The van der Waals surface area contributed by atoms with Crippen molar-refractivity contribution in [2.75, 3.05) is 18.0 Å². The lowest BCUT2D eigenvalue weighted by atomic mass is 9.99. The largest absolute Gasteiger partial charge is 0.337 e. The van der Waals surface area contributed by atoms with Crippen LogP contribution in [0.5, 0.6) is 0 Å². The minimum absolute atomic E-state index is 0.00142. The Balaban J connectivity index is 1.49. The summed E-state index contributed by atoms with van der Waals surface area (Å²) in [5.74, 6) is -0.765. The number of likely N-dealkylation sites (tertiary alicyclic amines) is 1. The summed E-state index contributed by atoms with van der Waals surface area (Å²) in [4.78, 5) is 28.8. The van der Waals surface area contributed by atoms with Gasteiger partial charge in [-0.05, 0) is 30.5 Å². The van der Waals surface area contributed by atoms with E-state index in [4.69, 9.17) is 0 Å². The van der Waals surface area contributed by atoms with Gasteiger partial charge in [-0.3, -0.25) is 9.59 Å². The van der Waals surface area contributed by atoms with E-state index in [1.165, 1.54) is 11.6 Å². The molecule has 2 aliphatic heterocycles. The molecule has 1 fully saturated rings. The van der Waals surface area contributed by atoms with Crippen molar-refractivity contribution in [2.24, 2.45) is 5.92 Å². The summed E-state index contributed by atoms with van der Waals surface area (Å²) in [7, 11) is 0. The Labute approximate surface area is 152 Å². The lowest BCUT2D eigenvalue weighted by molar-refractivity contribution is -0.128. The van der Waals surface area contributed by atoms with Crippen molar-refractivity contribution in [3.8, 4) is 0 Å². The molecule has 26 heavy (non-hydrogen) atoms. The zero-order valence-corrected chi connectivity index (χ0v) is 14.5. The summed E-state index contributed by atoms with van der Waals surface area (Å²) in [6, 6.07) is 14.4. The minimum atomic E-state index is -0.361. The molecule has 0 aromatic heterocycles. The Kier molecular flexibility index (Phi) is 4.45. The maximum Gasteiger partial charge on any atom is 0.232 e. The molecule has 1 saturated heterocycles. The molecule has 0 bridgehead atoms. The van der Waals surface area contributed by atoms with Crippen LogP contribution in [0.1, 0.15) is 24.0 Å². The Hall–Kier alpha value is -2.69. The smallest absolute Gasteiger partial charge is 0.232 e. The molecule has 2 heterocycles. The molecule has 0 spiro atoms. The molecule has 5 heteroatoms. The van der Waals surface area contributed by atoms with Crippen molar-refractivity contribution >= 4 is 17.5 Å². The van der Waals surface area contributed by atoms with E-state index in [1.807, 2.05) is 23.1 Å². The maximum absolute atomic E-state index is 13.9. The van der Waals surface area contributed by atoms with E-state index in [2.05, 4.69) is 6.07 Å². The highest BCUT2D eigenvalue weighted by Gasteiger charge is 2.38. The summed E-state index contributed by atoms with van der Waals surface area (Å²) in [6.07, 6.45) is 2.11. The number of nitrogens with zero attached hydrogens (tertiary/aromatic N) is 2. The second kappa shape index (κ2) is 6.90. The van der Waals surface area contributed by atoms with Gasteiger partial charge in [0, 0.05) is 37.3 Å². The summed E-state index contributed by atoms with van der Waals surface area (Å²) >= 11 is 0. The molecule has 2 aromatic rings. The second-order valence-corrected chi connectivity index (χ2v) is 6.99. The molecule has 0 aliphatic carbocycles. The van der Waals surface area contributed by atoms with Gasteiger partial charge < -0.3 is 9.80 Å². The van der Waals surface area contributed by atoms with Gasteiger partial charge in [0.2, 0.25) is 11.8 Å². The first kappa shape index (κ1) is 16.8. The molecule has 1 atom stereocenters. The van der Waals surface area contributed by atoms with Gasteiger partial charge in [-0.15, -0.1) is 0 Å². The highest BCUT2D eigenvalue weighted by molar-refractivity contribution is 5.99.